The Balaban J connectivity index is 2.45. The molecule has 0 aromatic carbocycles. The molecule has 1 aliphatic carbocycles. The molecule has 10 heavy (non-hydrogen) atoms. The lowest BCUT2D eigenvalue weighted by atomic mass is 10.4. The van der Waals surface area contributed by atoms with Crippen molar-refractivity contribution in [1.29, 1.82) is 0 Å². The topological polar surface area (TPSA) is 63.2 Å². The lowest BCUT2D eigenvalue weighted by molar-refractivity contribution is -0.120. The zero-order valence-corrected chi connectivity index (χ0v) is 7.98. The van der Waals surface area contributed by atoms with Gasteiger partial charge in [-0.05, 0) is 12.8 Å². The van der Waals surface area contributed by atoms with E-state index < -0.39 is 7.19 Å². The van der Waals surface area contributed by atoms with Crippen LogP contribution in [-0.2, 0) is 12.0 Å². The molecule has 1 amide bonds. The van der Waals surface area contributed by atoms with Crippen LogP contribution in [0.5, 0.6) is 0 Å². The van der Waals surface area contributed by atoms with Crippen LogP contribution < -0.4 is 4.72 Å². The smallest absolute Gasteiger partial charge is 0.274 e. The molecule has 0 aromatic rings. The second-order valence-electron chi connectivity index (χ2n) is 2.18. The highest BCUT2D eigenvalue weighted by Gasteiger charge is 2.31. The molecule has 4 nitrogen and oxygen atoms in total. The Bertz CT molecular complexity index is 243. The monoisotopic (exact) mass is 275 g/mol. The first kappa shape index (κ1) is 8.25. The van der Waals surface area contributed by atoms with E-state index in [-0.39, 0.29) is 11.8 Å². The molecule has 0 atom stereocenters. The summed E-state index contributed by atoms with van der Waals surface area (Å²) in [5.74, 6) is -0.418. The Labute approximate surface area is 71.0 Å². The minimum atomic E-state index is -3.36. The van der Waals surface area contributed by atoms with Crippen molar-refractivity contribution in [3.63, 3.8) is 0 Å². The second-order valence-corrected chi connectivity index (χ2v) is 6.74. The van der Waals surface area contributed by atoms with Gasteiger partial charge in [-0.25, -0.2) is 4.72 Å². The molecule has 0 heterocycles. The number of carbonyl (C=O) groups is 1. The average Bonchev–Trinajstić information content (AvgIpc) is 2.35. The maximum absolute atomic E-state index is 10.7. The summed E-state index contributed by atoms with van der Waals surface area (Å²) in [6, 6.07) is 0. The van der Waals surface area contributed by atoms with Crippen molar-refractivity contribution in [2.75, 3.05) is 0 Å². The summed E-state index contributed by atoms with van der Waals surface area (Å²) >= 11 is 1.19. The molecular formula is C4H6INO3S. The van der Waals surface area contributed by atoms with Gasteiger partial charge >= 0.3 is 0 Å². The van der Waals surface area contributed by atoms with Crippen LogP contribution in [0, 0.1) is 5.92 Å². The molecule has 0 bridgehead atoms. The predicted molar refractivity (Wildman–Crippen MR) is 43.8 cm³/mol. The highest BCUT2D eigenvalue weighted by molar-refractivity contribution is 14.2. The van der Waals surface area contributed by atoms with E-state index in [4.69, 9.17) is 0 Å². The fourth-order valence-electron chi connectivity index (χ4n) is 0.549. The summed E-state index contributed by atoms with van der Waals surface area (Å²) in [6.07, 6.45) is 1.63. The van der Waals surface area contributed by atoms with E-state index in [0.717, 1.165) is 12.8 Å². The third kappa shape index (κ3) is 2.82. The quantitative estimate of drug-likeness (QED) is 0.578. The van der Waals surface area contributed by atoms with Crippen molar-refractivity contribution in [3.8, 4) is 0 Å². The van der Waals surface area contributed by atoms with E-state index in [1.54, 1.807) is 0 Å². The lowest BCUT2D eigenvalue weighted by Gasteiger charge is -1.96. The fourth-order valence-corrected chi connectivity index (χ4v) is 1.61. The summed E-state index contributed by atoms with van der Waals surface area (Å²) in [5, 5.41) is 0. The van der Waals surface area contributed by atoms with Crippen LogP contribution in [0.3, 0.4) is 0 Å². The average molecular weight is 275 g/mol. The molecule has 0 saturated heterocycles. The summed E-state index contributed by atoms with van der Waals surface area (Å²) < 4.78 is 22.8. The van der Waals surface area contributed by atoms with E-state index >= 15 is 0 Å². The van der Waals surface area contributed by atoms with Gasteiger partial charge in [-0.3, -0.25) is 4.79 Å². The lowest BCUT2D eigenvalue weighted by Crippen LogP contribution is -2.27. The van der Waals surface area contributed by atoms with E-state index in [2.05, 4.69) is 0 Å². The Morgan fingerprint density at radius 1 is 1.50 bits per heavy atom. The SMILES string of the molecule is O=C(NS(=O)(=O)I)C1CC1. The zero-order valence-electron chi connectivity index (χ0n) is 5.00. The van der Waals surface area contributed by atoms with Gasteiger partial charge in [0.2, 0.25) is 5.91 Å². The van der Waals surface area contributed by atoms with Gasteiger partial charge in [0.1, 0.15) is 0 Å². The molecule has 1 saturated carbocycles. The Morgan fingerprint density at radius 2 is 2.00 bits per heavy atom. The highest BCUT2D eigenvalue weighted by Crippen LogP contribution is 2.29. The van der Waals surface area contributed by atoms with Crippen LogP contribution in [0.2, 0.25) is 0 Å². The summed E-state index contributed by atoms with van der Waals surface area (Å²) in [7, 11) is -3.36. The molecule has 0 spiro atoms. The van der Waals surface area contributed by atoms with Crippen molar-refractivity contribution in [2.24, 2.45) is 5.92 Å². The van der Waals surface area contributed by atoms with Crippen molar-refractivity contribution in [3.05, 3.63) is 0 Å². The number of hydrogen-bond acceptors (Lipinski definition) is 3. The molecule has 0 unspecified atom stereocenters. The van der Waals surface area contributed by atoms with Gasteiger partial charge in [0, 0.05) is 5.92 Å². The molecule has 6 heteroatoms. The third-order valence-electron chi connectivity index (χ3n) is 1.17. The van der Waals surface area contributed by atoms with Gasteiger partial charge in [0.25, 0.3) is 7.19 Å². The summed E-state index contributed by atoms with van der Waals surface area (Å²) in [4.78, 5) is 10.7. The number of rotatable bonds is 2. The minimum absolute atomic E-state index is 0.0514. The number of carbonyl (C=O) groups excluding carboxylic acids is 1. The Kier molecular flexibility index (Phi) is 2.18. The number of hydrogen-bond donors (Lipinski definition) is 1. The number of amides is 1. The van der Waals surface area contributed by atoms with E-state index in [9.17, 15) is 13.2 Å². The zero-order chi connectivity index (χ0) is 7.78. The van der Waals surface area contributed by atoms with Crippen molar-refractivity contribution in [1.82, 2.24) is 4.72 Å². The van der Waals surface area contributed by atoms with Crippen LogP contribution in [0.15, 0.2) is 0 Å². The van der Waals surface area contributed by atoms with Crippen LogP contribution in [0.25, 0.3) is 0 Å². The fraction of sp³-hybridized carbons (Fsp3) is 0.750. The van der Waals surface area contributed by atoms with Crippen LogP contribution in [-0.4, -0.2) is 14.3 Å². The molecule has 1 fully saturated rings. The normalized spacial score (nSPS) is 18.5. The highest BCUT2D eigenvalue weighted by atomic mass is 127. The maximum atomic E-state index is 10.7. The molecule has 1 aliphatic rings. The summed E-state index contributed by atoms with van der Waals surface area (Å²) in [5.41, 5.74) is 0. The Hall–Kier alpha value is 0.150. The summed E-state index contributed by atoms with van der Waals surface area (Å²) in [6.45, 7) is 0. The van der Waals surface area contributed by atoms with Crippen LogP contribution in [0.1, 0.15) is 12.8 Å². The minimum Gasteiger partial charge on any atom is -0.274 e. The molecule has 1 rings (SSSR count). The molecule has 0 aromatic heterocycles. The van der Waals surface area contributed by atoms with Crippen LogP contribution in [0.4, 0.5) is 0 Å². The van der Waals surface area contributed by atoms with Gasteiger partial charge in [0.05, 0.1) is 21.2 Å². The first-order valence-electron chi connectivity index (χ1n) is 2.75. The van der Waals surface area contributed by atoms with E-state index in [1.807, 2.05) is 4.72 Å². The second kappa shape index (κ2) is 2.65. The largest absolute Gasteiger partial charge is 0.288 e. The Morgan fingerprint density at radius 3 is 2.30 bits per heavy atom. The molecule has 0 aliphatic heterocycles. The first-order chi connectivity index (χ1) is 4.49. The number of nitrogens with one attached hydrogen (secondary N) is 1. The van der Waals surface area contributed by atoms with Crippen molar-refractivity contribution in [2.45, 2.75) is 12.8 Å². The molecule has 58 valence electrons. The molecular weight excluding hydrogens is 269 g/mol. The van der Waals surface area contributed by atoms with E-state index in [1.165, 1.54) is 21.2 Å². The molecule has 0 radical (unpaired) electrons. The van der Waals surface area contributed by atoms with Gasteiger partial charge in [-0.1, -0.05) is 0 Å². The van der Waals surface area contributed by atoms with Crippen molar-refractivity contribution < 1.29 is 13.2 Å². The van der Waals surface area contributed by atoms with Gasteiger partial charge < -0.3 is 0 Å². The number of halogens is 1. The first-order valence-corrected chi connectivity index (χ1v) is 6.78. The van der Waals surface area contributed by atoms with Crippen molar-refractivity contribution >= 4 is 34.3 Å². The van der Waals surface area contributed by atoms with Crippen LogP contribution >= 0.6 is 21.2 Å². The standard InChI is InChI=1S/C4H6INO3S/c5-10(8,9)6-4(7)3-1-2-3/h3H,1-2H2,(H,6,7). The van der Waals surface area contributed by atoms with Gasteiger partial charge in [0.15, 0.2) is 0 Å². The van der Waals surface area contributed by atoms with Gasteiger partial charge in [-0.15, -0.1) is 0 Å². The predicted octanol–water partition coefficient (Wildman–Crippen LogP) is 0.192. The molecule has 1 N–H and O–H groups in total. The van der Waals surface area contributed by atoms with E-state index in [0.29, 0.717) is 0 Å². The van der Waals surface area contributed by atoms with Gasteiger partial charge in [-0.2, -0.15) is 8.42 Å². The maximum Gasteiger partial charge on any atom is 0.288 e. The third-order valence-corrected chi connectivity index (χ3v) is 2.28.